The highest BCUT2D eigenvalue weighted by Crippen LogP contribution is 2.18. The average Bonchev–Trinajstić information content (AvgIpc) is 2.74. The minimum atomic E-state index is -3.87. The van der Waals surface area contributed by atoms with Crippen molar-refractivity contribution in [1.29, 1.82) is 0 Å². The molecule has 1 atom stereocenters. The fourth-order valence-corrected chi connectivity index (χ4v) is 4.51. The van der Waals surface area contributed by atoms with Crippen LogP contribution in [0.15, 0.2) is 65.6 Å². The largest absolute Gasteiger partial charge is 0.333 e. The van der Waals surface area contributed by atoms with E-state index in [1.54, 1.807) is 18.2 Å². The lowest BCUT2D eigenvalue weighted by molar-refractivity contribution is 0.116. The van der Waals surface area contributed by atoms with Gasteiger partial charge in [-0.15, -0.1) is 4.83 Å². The molecule has 2 N–H and O–H groups in total. The van der Waals surface area contributed by atoms with Gasteiger partial charge < -0.3 is 10.2 Å². The Morgan fingerprint density at radius 1 is 1.03 bits per heavy atom. The van der Waals surface area contributed by atoms with Crippen LogP contribution in [0.25, 0.3) is 0 Å². The average molecular weight is 417 g/mol. The van der Waals surface area contributed by atoms with Crippen LogP contribution in [0.3, 0.4) is 0 Å². The number of sulfonamides is 1. The second-order valence-corrected chi connectivity index (χ2v) is 9.05. The SMILES string of the molecule is C[C@H](NC(=O)N(NS(=O)(=O)c1ccccc1)C1CCN(C)CC1)c1ccccc1. The molecule has 1 heterocycles. The summed E-state index contributed by atoms with van der Waals surface area (Å²) in [6.45, 7) is 3.48. The molecule has 0 unspecified atom stereocenters. The van der Waals surface area contributed by atoms with Crippen LogP contribution in [0.2, 0.25) is 0 Å². The maximum atomic E-state index is 13.1. The molecule has 1 saturated heterocycles. The standard InChI is InChI=1S/C21H28N4O3S/c1-17(18-9-5-3-6-10-18)22-21(26)25(19-13-15-24(2)16-14-19)23-29(27,28)20-11-7-4-8-12-20/h3-12,17,19,23H,13-16H2,1-2H3,(H,22,26)/t17-/m0/s1. The van der Waals surface area contributed by atoms with E-state index in [1.165, 1.54) is 17.1 Å². The smallest absolute Gasteiger partial charge is 0.330 e. The molecule has 1 aliphatic rings. The van der Waals surface area contributed by atoms with Gasteiger partial charge in [0.2, 0.25) is 0 Å². The first kappa shape index (κ1) is 21.3. The minimum Gasteiger partial charge on any atom is -0.330 e. The Morgan fingerprint density at radius 3 is 2.17 bits per heavy atom. The van der Waals surface area contributed by atoms with Gasteiger partial charge in [0.25, 0.3) is 10.0 Å². The van der Waals surface area contributed by atoms with Crippen LogP contribution in [-0.2, 0) is 10.0 Å². The Kier molecular flexibility index (Phi) is 6.89. The number of rotatable bonds is 6. The molecule has 2 aromatic carbocycles. The predicted octanol–water partition coefficient (Wildman–Crippen LogP) is 2.75. The van der Waals surface area contributed by atoms with Crippen LogP contribution in [0.5, 0.6) is 0 Å². The van der Waals surface area contributed by atoms with Gasteiger partial charge in [-0.1, -0.05) is 48.5 Å². The van der Waals surface area contributed by atoms with Gasteiger partial charge in [-0.2, -0.15) is 0 Å². The molecule has 0 bridgehead atoms. The van der Waals surface area contributed by atoms with Crippen molar-refractivity contribution in [3.63, 3.8) is 0 Å². The molecule has 2 amide bonds. The highest BCUT2D eigenvalue weighted by molar-refractivity contribution is 7.89. The summed E-state index contributed by atoms with van der Waals surface area (Å²) in [4.78, 5) is 17.9. The molecule has 0 saturated carbocycles. The van der Waals surface area contributed by atoms with Crippen LogP contribution >= 0.6 is 0 Å². The molecule has 8 heteroatoms. The Hall–Kier alpha value is -2.42. The Labute approximate surface area is 172 Å². The lowest BCUT2D eigenvalue weighted by atomic mass is 10.1. The van der Waals surface area contributed by atoms with E-state index in [1.807, 2.05) is 44.3 Å². The second kappa shape index (κ2) is 9.39. The summed E-state index contributed by atoms with van der Waals surface area (Å²) in [7, 11) is -1.85. The summed E-state index contributed by atoms with van der Waals surface area (Å²) < 4.78 is 25.7. The highest BCUT2D eigenvalue weighted by Gasteiger charge is 2.31. The van der Waals surface area contributed by atoms with Gasteiger partial charge >= 0.3 is 6.03 Å². The van der Waals surface area contributed by atoms with Crippen molar-refractivity contribution in [2.45, 2.75) is 36.7 Å². The lowest BCUT2D eigenvalue weighted by Crippen LogP contribution is -2.57. The van der Waals surface area contributed by atoms with Crippen molar-refractivity contribution in [1.82, 2.24) is 20.1 Å². The van der Waals surface area contributed by atoms with E-state index in [4.69, 9.17) is 0 Å². The third kappa shape index (κ3) is 5.56. The monoisotopic (exact) mass is 416 g/mol. The van der Waals surface area contributed by atoms with Crippen LogP contribution in [0.4, 0.5) is 4.79 Å². The maximum absolute atomic E-state index is 13.1. The number of likely N-dealkylation sites (tertiary alicyclic amines) is 1. The van der Waals surface area contributed by atoms with Crippen LogP contribution < -0.4 is 10.1 Å². The summed E-state index contributed by atoms with van der Waals surface area (Å²) in [5.41, 5.74) is 0.954. The van der Waals surface area contributed by atoms with E-state index in [0.717, 1.165) is 18.7 Å². The third-order valence-corrected chi connectivity index (χ3v) is 6.51. The van der Waals surface area contributed by atoms with Gasteiger partial charge in [-0.25, -0.2) is 18.2 Å². The summed E-state index contributed by atoms with van der Waals surface area (Å²) in [5, 5.41) is 4.18. The number of piperidine rings is 1. The Balaban J connectivity index is 1.80. The first-order chi connectivity index (χ1) is 13.9. The van der Waals surface area contributed by atoms with Gasteiger partial charge in [0, 0.05) is 0 Å². The van der Waals surface area contributed by atoms with Crippen molar-refractivity contribution in [3.05, 3.63) is 66.2 Å². The van der Waals surface area contributed by atoms with Gasteiger partial charge in [-0.05, 0) is 57.6 Å². The fraction of sp³-hybridized carbons (Fsp3) is 0.381. The number of nitrogens with zero attached hydrogens (tertiary/aromatic N) is 2. The molecule has 7 nitrogen and oxygen atoms in total. The highest BCUT2D eigenvalue weighted by atomic mass is 32.2. The lowest BCUT2D eigenvalue weighted by Gasteiger charge is -2.37. The van der Waals surface area contributed by atoms with Crippen LogP contribution in [0.1, 0.15) is 31.4 Å². The number of hydrazine groups is 1. The van der Waals surface area contributed by atoms with Crippen molar-refractivity contribution in [2.24, 2.45) is 0 Å². The third-order valence-electron chi connectivity index (χ3n) is 5.18. The van der Waals surface area contributed by atoms with Gasteiger partial charge in [0.15, 0.2) is 0 Å². The van der Waals surface area contributed by atoms with Crippen molar-refractivity contribution < 1.29 is 13.2 Å². The summed E-state index contributed by atoms with van der Waals surface area (Å²) >= 11 is 0. The van der Waals surface area contributed by atoms with Crippen molar-refractivity contribution >= 4 is 16.1 Å². The van der Waals surface area contributed by atoms with Gasteiger partial charge in [0.05, 0.1) is 17.0 Å². The molecule has 1 fully saturated rings. The first-order valence-electron chi connectivity index (χ1n) is 9.77. The zero-order chi connectivity index (χ0) is 20.9. The number of urea groups is 1. The number of amides is 2. The molecule has 0 aliphatic carbocycles. The van der Waals surface area contributed by atoms with E-state index < -0.39 is 16.1 Å². The quantitative estimate of drug-likeness (QED) is 0.710. The normalized spacial score (nSPS) is 16.9. The van der Waals surface area contributed by atoms with E-state index in [2.05, 4.69) is 15.0 Å². The van der Waals surface area contributed by atoms with E-state index in [9.17, 15) is 13.2 Å². The molecule has 0 radical (unpaired) electrons. The second-order valence-electron chi connectivity index (χ2n) is 7.39. The molecule has 0 aromatic heterocycles. The molecule has 29 heavy (non-hydrogen) atoms. The molecular formula is C21H28N4O3S. The summed E-state index contributed by atoms with van der Waals surface area (Å²) in [5.74, 6) is 0. The summed E-state index contributed by atoms with van der Waals surface area (Å²) in [6.07, 6.45) is 1.39. The number of benzene rings is 2. The number of hydrogen-bond donors (Lipinski definition) is 2. The zero-order valence-electron chi connectivity index (χ0n) is 16.8. The van der Waals surface area contributed by atoms with E-state index in [-0.39, 0.29) is 17.0 Å². The molecular weight excluding hydrogens is 388 g/mol. The molecule has 0 spiro atoms. The minimum absolute atomic E-state index is 0.127. The maximum Gasteiger partial charge on any atom is 0.333 e. The van der Waals surface area contributed by atoms with Crippen LogP contribution in [0, 0.1) is 0 Å². The van der Waals surface area contributed by atoms with Crippen LogP contribution in [-0.4, -0.2) is 50.5 Å². The zero-order valence-corrected chi connectivity index (χ0v) is 17.6. The molecule has 2 aromatic rings. The fourth-order valence-electron chi connectivity index (χ4n) is 3.40. The van der Waals surface area contributed by atoms with Gasteiger partial charge in [0.1, 0.15) is 0 Å². The van der Waals surface area contributed by atoms with E-state index >= 15 is 0 Å². The van der Waals surface area contributed by atoms with Crippen molar-refractivity contribution in [2.75, 3.05) is 20.1 Å². The van der Waals surface area contributed by atoms with Crippen molar-refractivity contribution in [3.8, 4) is 0 Å². The van der Waals surface area contributed by atoms with Gasteiger partial charge in [-0.3, -0.25) is 0 Å². The van der Waals surface area contributed by atoms with E-state index in [0.29, 0.717) is 12.8 Å². The molecule has 3 rings (SSSR count). The number of nitrogens with one attached hydrogen (secondary N) is 2. The number of carbonyl (C=O) groups excluding carboxylic acids is 1. The molecule has 1 aliphatic heterocycles. The summed E-state index contributed by atoms with van der Waals surface area (Å²) in [6, 6.07) is 16.8. The number of hydrogen-bond acceptors (Lipinski definition) is 4. The Bertz CT molecular complexity index is 898. The first-order valence-corrected chi connectivity index (χ1v) is 11.3. The topological polar surface area (TPSA) is 81.8 Å². The number of carbonyl (C=O) groups is 1. The predicted molar refractivity (Wildman–Crippen MR) is 113 cm³/mol. The molecule has 156 valence electrons. The Morgan fingerprint density at radius 2 is 1.59 bits per heavy atom.